The first-order valence-electron chi connectivity index (χ1n) is 6.12. The zero-order valence-corrected chi connectivity index (χ0v) is 10.8. The van der Waals surface area contributed by atoms with E-state index in [0.717, 1.165) is 6.42 Å². The number of carbonyl (C=O) groups is 1. The molecule has 0 aromatic heterocycles. The Labute approximate surface area is 114 Å². The number of halogens is 3. The minimum Gasteiger partial charge on any atom is -0.495 e. The van der Waals surface area contributed by atoms with Crippen molar-refractivity contribution in [3.8, 4) is 0 Å². The summed E-state index contributed by atoms with van der Waals surface area (Å²) < 4.78 is 50.3. The number of hydrogen-bond donors (Lipinski definition) is 0. The van der Waals surface area contributed by atoms with E-state index in [-0.39, 0.29) is 18.3 Å². The summed E-state index contributed by atoms with van der Waals surface area (Å²) in [4.78, 5) is 11.7. The second-order valence-electron chi connectivity index (χ2n) is 4.48. The zero-order valence-electron chi connectivity index (χ0n) is 10.8. The Morgan fingerprint density at radius 2 is 2.15 bits per heavy atom. The number of rotatable bonds is 3. The Bertz CT molecular complexity index is 529. The topological polar surface area (TPSA) is 35.5 Å². The van der Waals surface area contributed by atoms with E-state index in [0.29, 0.717) is 12.5 Å². The van der Waals surface area contributed by atoms with Gasteiger partial charge in [0.25, 0.3) is 0 Å². The molecule has 6 heteroatoms. The van der Waals surface area contributed by atoms with Crippen LogP contribution < -0.4 is 0 Å². The summed E-state index contributed by atoms with van der Waals surface area (Å²) in [6.07, 6.45) is 4.34. The first kappa shape index (κ1) is 14.4. The van der Waals surface area contributed by atoms with Crippen LogP contribution in [0.25, 0.3) is 0 Å². The van der Waals surface area contributed by atoms with Gasteiger partial charge in [0.1, 0.15) is 24.1 Å². The van der Waals surface area contributed by atoms with Crippen molar-refractivity contribution >= 4 is 5.97 Å². The maximum atomic E-state index is 13.7. The van der Waals surface area contributed by atoms with E-state index in [9.17, 15) is 18.0 Å². The Morgan fingerprint density at radius 1 is 1.40 bits per heavy atom. The van der Waals surface area contributed by atoms with Crippen LogP contribution in [-0.2, 0) is 9.47 Å². The van der Waals surface area contributed by atoms with E-state index in [1.165, 1.54) is 13.2 Å². The summed E-state index contributed by atoms with van der Waals surface area (Å²) in [5.41, 5.74) is -1.17. The molecule has 1 aliphatic heterocycles. The largest absolute Gasteiger partial charge is 0.495 e. The van der Waals surface area contributed by atoms with E-state index in [4.69, 9.17) is 9.47 Å². The van der Waals surface area contributed by atoms with Crippen molar-refractivity contribution in [1.29, 1.82) is 0 Å². The van der Waals surface area contributed by atoms with E-state index in [1.54, 1.807) is 0 Å². The van der Waals surface area contributed by atoms with Gasteiger partial charge in [0.05, 0.1) is 6.26 Å². The molecule has 0 amide bonds. The Morgan fingerprint density at radius 3 is 2.80 bits per heavy atom. The molecule has 1 aromatic rings. The number of ether oxygens (including phenoxy) is 2. The SMILES string of the molecule is Cc1cc(F)c(F)c(C(=O)OCC2CCC=CO2)c1F. The predicted octanol–water partition coefficient (Wildman–Crippen LogP) is 3.26. The highest BCUT2D eigenvalue weighted by Gasteiger charge is 2.25. The molecule has 3 nitrogen and oxygen atoms in total. The van der Waals surface area contributed by atoms with Gasteiger partial charge in [0.2, 0.25) is 0 Å². The minimum atomic E-state index is -1.54. The lowest BCUT2D eigenvalue weighted by atomic mass is 10.1. The smallest absolute Gasteiger partial charge is 0.344 e. The van der Waals surface area contributed by atoms with Gasteiger partial charge >= 0.3 is 5.97 Å². The number of aryl methyl sites for hydroxylation is 1. The second kappa shape index (κ2) is 5.98. The normalized spacial score (nSPS) is 17.7. The highest BCUT2D eigenvalue weighted by molar-refractivity contribution is 5.90. The van der Waals surface area contributed by atoms with Crippen molar-refractivity contribution in [3.05, 3.63) is 47.0 Å². The molecule has 0 fully saturated rings. The highest BCUT2D eigenvalue weighted by Crippen LogP contribution is 2.21. The number of allylic oxidation sites excluding steroid dienone is 1. The first-order valence-corrected chi connectivity index (χ1v) is 6.12. The van der Waals surface area contributed by atoms with Crippen LogP contribution in [-0.4, -0.2) is 18.7 Å². The quantitative estimate of drug-likeness (QED) is 0.632. The van der Waals surface area contributed by atoms with E-state index >= 15 is 0 Å². The van der Waals surface area contributed by atoms with Crippen molar-refractivity contribution in [1.82, 2.24) is 0 Å². The molecule has 1 atom stereocenters. The van der Waals surface area contributed by atoms with Crippen LogP contribution in [0.3, 0.4) is 0 Å². The number of esters is 1. The van der Waals surface area contributed by atoms with Gasteiger partial charge < -0.3 is 9.47 Å². The van der Waals surface area contributed by atoms with Gasteiger partial charge in [0.15, 0.2) is 11.6 Å². The molecule has 0 saturated heterocycles. The lowest BCUT2D eigenvalue weighted by molar-refractivity contribution is 0.0155. The van der Waals surface area contributed by atoms with Gasteiger partial charge in [-0.2, -0.15) is 0 Å². The predicted molar refractivity (Wildman–Crippen MR) is 64.6 cm³/mol. The molecular weight excluding hydrogens is 273 g/mol. The molecule has 0 N–H and O–H groups in total. The molecule has 0 aliphatic carbocycles. The van der Waals surface area contributed by atoms with Crippen LogP contribution in [0.15, 0.2) is 18.4 Å². The van der Waals surface area contributed by atoms with Gasteiger partial charge in [-0.15, -0.1) is 0 Å². The molecule has 1 unspecified atom stereocenters. The third kappa shape index (κ3) is 2.95. The standard InChI is InChI=1S/C14H13F3O3/c1-8-6-10(15)13(17)11(12(8)16)14(18)20-7-9-4-2-3-5-19-9/h3,5-6,9H,2,4,7H2,1H3. The fourth-order valence-corrected chi connectivity index (χ4v) is 1.86. The number of hydrogen-bond acceptors (Lipinski definition) is 3. The third-order valence-corrected chi connectivity index (χ3v) is 2.97. The summed E-state index contributed by atoms with van der Waals surface area (Å²) in [6.45, 7) is 1.10. The lowest BCUT2D eigenvalue weighted by Gasteiger charge is -2.19. The van der Waals surface area contributed by atoms with Gasteiger partial charge in [-0.05, 0) is 37.5 Å². The van der Waals surface area contributed by atoms with E-state index < -0.39 is 29.0 Å². The summed E-state index contributed by atoms with van der Waals surface area (Å²) in [6, 6.07) is 0.691. The van der Waals surface area contributed by atoms with Crippen molar-refractivity contribution in [2.75, 3.05) is 6.61 Å². The molecule has 0 spiro atoms. The molecule has 2 rings (SSSR count). The van der Waals surface area contributed by atoms with Crippen LogP contribution >= 0.6 is 0 Å². The number of carbonyl (C=O) groups excluding carboxylic acids is 1. The van der Waals surface area contributed by atoms with Gasteiger partial charge in [-0.25, -0.2) is 18.0 Å². The van der Waals surface area contributed by atoms with Crippen molar-refractivity contribution in [2.24, 2.45) is 0 Å². The average Bonchev–Trinajstić information content (AvgIpc) is 2.44. The summed E-state index contributed by atoms with van der Waals surface area (Å²) in [5, 5.41) is 0. The third-order valence-electron chi connectivity index (χ3n) is 2.97. The lowest BCUT2D eigenvalue weighted by Crippen LogP contribution is -2.23. The zero-order chi connectivity index (χ0) is 14.7. The average molecular weight is 286 g/mol. The molecule has 0 radical (unpaired) electrons. The van der Waals surface area contributed by atoms with Crippen LogP contribution in [0.2, 0.25) is 0 Å². The molecule has 1 heterocycles. The van der Waals surface area contributed by atoms with Crippen LogP contribution in [0.4, 0.5) is 13.2 Å². The highest BCUT2D eigenvalue weighted by atomic mass is 19.2. The fourth-order valence-electron chi connectivity index (χ4n) is 1.86. The van der Waals surface area contributed by atoms with Crippen molar-refractivity contribution in [2.45, 2.75) is 25.9 Å². The molecule has 0 bridgehead atoms. The molecule has 108 valence electrons. The van der Waals surface area contributed by atoms with Gasteiger partial charge in [0, 0.05) is 0 Å². The summed E-state index contributed by atoms with van der Waals surface area (Å²) in [5.74, 6) is -5.17. The number of benzene rings is 1. The van der Waals surface area contributed by atoms with Crippen molar-refractivity contribution < 1.29 is 27.4 Å². The Kier molecular flexibility index (Phi) is 4.32. The minimum absolute atomic E-state index is 0.141. The van der Waals surface area contributed by atoms with Gasteiger partial charge in [-0.3, -0.25) is 0 Å². The monoisotopic (exact) mass is 286 g/mol. The van der Waals surface area contributed by atoms with E-state index in [2.05, 4.69) is 0 Å². The second-order valence-corrected chi connectivity index (χ2v) is 4.48. The van der Waals surface area contributed by atoms with E-state index in [1.807, 2.05) is 6.08 Å². The summed E-state index contributed by atoms with van der Waals surface area (Å²) in [7, 11) is 0. The maximum absolute atomic E-state index is 13.7. The Balaban J connectivity index is 2.11. The molecular formula is C14H13F3O3. The van der Waals surface area contributed by atoms with Crippen molar-refractivity contribution in [3.63, 3.8) is 0 Å². The molecule has 20 heavy (non-hydrogen) atoms. The maximum Gasteiger partial charge on any atom is 0.344 e. The fraction of sp³-hybridized carbons (Fsp3) is 0.357. The van der Waals surface area contributed by atoms with Gasteiger partial charge in [-0.1, -0.05) is 0 Å². The molecule has 1 aliphatic rings. The molecule has 0 saturated carbocycles. The van der Waals surface area contributed by atoms with Crippen LogP contribution in [0, 0.1) is 24.4 Å². The molecule has 1 aromatic carbocycles. The Hall–Kier alpha value is -1.98. The first-order chi connectivity index (χ1) is 9.50. The summed E-state index contributed by atoms with van der Waals surface area (Å²) >= 11 is 0. The van der Waals surface area contributed by atoms with Crippen LogP contribution in [0.1, 0.15) is 28.8 Å². The van der Waals surface area contributed by atoms with Crippen LogP contribution in [0.5, 0.6) is 0 Å².